The second kappa shape index (κ2) is 11.2. The van der Waals surface area contributed by atoms with Crippen LogP contribution in [0.3, 0.4) is 0 Å². The van der Waals surface area contributed by atoms with Gasteiger partial charge in [0.2, 0.25) is 0 Å². The molecule has 0 aliphatic heterocycles. The van der Waals surface area contributed by atoms with E-state index in [0.717, 1.165) is 36.1 Å². The summed E-state index contributed by atoms with van der Waals surface area (Å²) in [6.45, 7) is 11.2. The molecule has 0 aromatic heterocycles. The van der Waals surface area contributed by atoms with Gasteiger partial charge < -0.3 is 0 Å². The smallest absolute Gasteiger partial charge is 0.190 e. The highest BCUT2D eigenvalue weighted by atomic mass is 32.1. The Bertz CT molecular complexity index is 873. The summed E-state index contributed by atoms with van der Waals surface area (Å²) >= 11 is 13.5. The number of benzene rings is 2. The van der Waals surface area contributed by atoms with E-state index in [2.05, 4.69) is 96.3 Å². The second-order valence-electron chi connectivity index (χ2n) is 9.09. The average molecular weight is 461 g/mol. The zero-order chi connectivity index (χ0) is 22.5. The summed E-state index contributed by atoms with van der Waals surface area (Å²) in [6.07, 6.45) is 3.35. The largest absolute Gasteiger partial charge is 0.287 e. The van der Waals surface area contributed by atoms with E-state index in [4.69, 9.17) is 12.6 Å². The lowest BCUT2D eigenvalue weighted by molar-refractivity contribution is -0.110. The molecule has 0 fully saturated rings. The van der Waals surface area contributed by atoms with Gasteiger partial charge in [-0.15, -0.1) is 12.6 Å². The summed E-state index contributed by atoms with van der Waals surface area (Å²) in [5.74, 6) is 1.38. The summed E-state index contributed by atoms with van der Waals surface area (Å²) in [6, 6.07) is 13.3. The molecule has 2 aromatic rings. The molecule has 0 radical (unpaired) electrons. The zero-order valence-electron chi connectivity index (χ0n) is 18.9. The molecule has 0 bridgehead atoms. The van der Waals surface area contributed by atoms with Gasteiger partial charge in [0.1, 0.15) is 0 Å². The fourth-order valence-corrected chi connectivity index (χ4v) is 4.90. The highest BCUT2D eigenvalue weighted by Crippen LogP contribution is 2.36. The van der Waals surface area contributed by atoms with Gasteiger partial charge in [-0.1, -0.05) is 71.0 Å². The molecule has 2 atom stereocenters. The van der Waals surface area contributed by atoms with Gasteiger partial charge in [-0.25, -0.2) is 0 Å². The monoisotopic (exact) mass is 460 g/mol. The molecule has 0 saturated carbocycles. The minimum atomic E-state index is -0.103. The van der Waals surface area contributed by atoms with Crippen molar-refractivity contribution in [2.75, 3.05) is 5.75 Å². The maximum absolute atomic E-state index is 11.6. The molecule has 2 rings (SSSR count). The van der Waals surface area contributed by atoms with Crippen LogP contribution in [0.15, 0.2) is 36.4 Å². The first kappa shape index (κ1) is 25.4. The molecule has 30 heavy (non-hydrogen) atoms. The molecule has 2 aromatic carbocycles. The Morgan fingerprint density at radius 1 is 0.967 bits per heavy atom. The average Bonchev–Trinajstić information content (AvgIpc) is 2.71. The van der Waals surface area contributed by atoms with Crippen LogP contribution in [0.25, 0.3) is 0 Å². The number of hydrogen-bond donors (Lipinski definition) is 3. The number of rotatable bonds is 10. The molecular weight excluding hydrogens is 424 g/mol. The van der Waals surface area contributed by atoms with Gasteiger partial charge in [0, 0.05) is 6.42 Å². The third kappa shape index (κ3) is 6.58. The van der Waals surface area contributed by atoms with Crippen LogP contribution in [0.4, 0.5) is 0 Å². The number of hydrogen-bond acceptors (Lipinski definition) is 3. The molecule has 1 nitrogen and oxygen atoms in total. The van der Waals surface area contributed by atoms with E-state index < -0.39 is 0 Å². The van der Waals surface area contributed by atoms with Crippen LogP contribution in [0, 0.1) is 5.41 Å². The van der Waals surface area contributed by atoms with Gasteiger partial charge in [0.25, 0.3) is 0 Å². The first-order valence-electron chi connectivity index (χ1n) is 10.9. The van der Waals surface area contributed by atoms with Crippen LogP contribution < -0.4 is 0 Å². The van der Waals surface area contributed by atoms with Crippen molar-refractivity contribution in [2.24, 2.45) is 5.41 Å². The second-order valence-corrected chi connectivity index (χ2v) is 10.4. The lowest BCUT2D eigenvalue weighted by atomic mass is 9.81. The van der Waals surface area contributed by atoms with Crippen LogP contribution >= 0.6 is 37.9 Å². The first-order valence-corrected chi connectivity index (χ1v) is 12.5. The Labute approximate surface area is 199 Å². The van der Waals surface area contributed by atoms with Crippen molar-refractivity contribution in [1.82, 2.24) is 0 Å². The topological polar surface area (TPSA) is 17.1 Å². The molecule has 0 aliphatic rings. The van der Waals surface area contributed by atoms with E-state index in [1.165, 1.54) is 22.3 Å². The third-order valence-electron chi connectivity index (χ3n) is 5.97. The third-order valence-corrected chi connectivity index (χ3v) is 7.56. The summed E-state index contributed by atoms with van der Waals surface area (Å²) in [5, 5.41) is -0.118. The maximum Gasteiger partial charge on any atom is 0.190 e. The van der Waals surface area contributed by atoms with Crippen LogP contribution in [0.5, 0.6) is 0 Å². The van der Waals surface area contributed by atoms with Crippen molar-refractivity contribution in [1.29, 1.82) is 0 Å². The van der Waals surface area contributed by atoms with Gasteiger partial charge in [-0.05, 0) is 69.7 Å². The lowest BCUT2D eigenvalue weighted by Gasteiger charge is -2.27. The van der Waals surface area contributed by atoms with Crippen molar-refractivity contribution in [3.63, 3.8) is 0 Å². The van der Waals surface area contributed by atoms with Gasteiger partial charge in [-0.2, -0.15) is 25.3 Å². The molecule has 0 N–H and O–H groups in total. The SMILES string of the molecule is CCc1ccc(C(S)c2ccc(C(C)CC(C)(C)CS)cc2CC)cc1CC(=O)S. The molecular formula is C26H36OS3. The van der Waals surface area contributed by atoms with E-state index in [0.29, 0.717) is 12.3 Å². The predicted molar refractivity (Wildman–Crippen MR) is 141 cm³/mol. The molecule has 2 unspecified atom stereocenters. The number of aryl methyl sites for hydroxylation is 2. The van der Waals surface area contributed by atoms with Crippen molar-refractivity contribution in [3.8, 4) is 0 Å². The fraction of sp³-hybridized carbons (Fsp3) is 0.500. The molecule has 164 valence electrons. The molecule has 0 amide bonds. The predicted octanol–water partition coefficient (Wildman–Crippen LogP) is 7.28. The van der Waals surface area contributed by atoms with E-state index in [1.54, 1.807) is 0 Å². The molecule has 0 aliphatic carbocycles. The Hall–Kier alpha value is -0.840. The van der Waals surface area contributed by atoms with Gasteiger partial charge in [-0.3, -0.25) is 4.79 Å². The zero-order valence-corrected chi connectivity index (χ0v) is 21.6. The highest BCUT2D eigenvalue weighted by Gasteiger charge is 2.22. The van der Waals surface area contributed by atoms with E-state index in [9.17, 15) is 4.79 Å². The lowest BCUT2D eigenvalue weighted by Crippen LogP contribution is -2.16. The molecule has 4 heteroatoms. The van der Waals surface area contributed by atoms with Crippen LogP contribution in [-0.2, 0) is 24.1 Å². The van der Waals surface area contributed by atoms with Crippen LogP contribution in [-0.4, -0.2) is 10.9 Å². The summed E-state index contributed by atoms with van der Waals surface area (Å²) in [4.78, 5) is 11.6. The van der Waals surface area contributed by atoms with Crippen molar-refractivity contribution >= 4 is 43.0 Å². The normalized spacial score (nSPS) is 13.9. The Morgan fingerprint density at radius 3 is 2.13 bits per heavy atom. The van der Waals surface area contributed by atoms with Crippen molar-refractivity contribution in [3.05, 3.63) is 69.8 Å². The minimum Gasteiger partial charge on any atom is -0.287 e. The first-order chi connectivity index (χ1) is 14.1. The van der Waals surface area contributed by atoms with Gasteiger partial charge >= 0.3 is 0 Å². The highest BCUT2D eigenvalue weighted by molar-refractivity contribution is 7.96. The van der Waals surface area contributed by atoms with Crippen LogP contribution in [0.2, 0.25) is 0 Å². The Morgan fingerprint density at radius 2 is 1.57 bits per heavy atom. The standard InChI is InChI=1S/C26H36OS3/c1-6-18-8-9-21(13-22(18)14-24(27)29)25(30)23-11-10-20(12-19(23)7-2)17(3)15-26(4,5)16-28/h8-13,17,25,28,30H,6-7,14-16H2,1-5H3,(H,27,29). The molecule has 0 spiro atoms. The van der Waals surface area contributed by atoms with E-state index in [1.807, 2.05) is 0 Å². The number of carbonyl (C=O) groups excluding carboxylic acids is 1. The minimum absolute atomic E-state index is 0.0159. The molecule has 0 saturated heterocycles. The number of thiol groups is 3. The quantitative estimate of drug-likeness (QED) is 0.318. The van der Waals surface area contributed by atoms with Gasteiger partial charge in [0.15, 0.2) is 5.12 Å². The van der Waals surface area contributed by atoms with Gasteiger partial charge in [0.05, 0.1) is 5.25 Å². The summed E-state index contributed by atoms with van der Waals surface area (Å²) < 4.78 is 0. The maximum atomic E-state index is 11.6. The Kier molecular flexibility index (Phi) is 9.45. The van der Waals surface area contributed by atoms with E-state index in [-0.39, 0.29) is 15.8 Å². The van der Waals surface area contributed by atoms with Crippen molar-refractivity contribution in [2.45, 2.75) is 71.5 Å². The summed E-state index contributed by atoms with van der Waals surface area (Å²) in [7, 11) is 0. The molecule has 0 heterocycles. The Balaban J connectivity index is 2.36. The van der Waals surface area contributed by atoms with Crippen molar-refractivity contribution < 1.29 is 4.79 Å². The fourth-order valence-electron chi connectivity index (χ4n) is 4.18. The summed E-state index contributed by atoms with van der Waals surface area (Å²) in [5.41, 5.74) is 7.59. The number of carbonyl (C=O) groups is 1. The van der Waals surface area contributed by atoms with E-state index >= 15 is 0 Å². The van der Waals surface area contributed by atoms with Crippen LogP contribution in [0.1, 0.15) is 85.6 Å².